The molecule has 3 N–H and O–H groups in total. The Balaban J connectivity index is 2.36. The minimum Gasteiger partial charge on any atom is -0.384 e. The Labute approximate surface area is 103 Å². The van der Waals surface area contributed by atoms with Gasteiger partial charge in [0.05, 0.1) is 5.69 Å². The molecular formula is C12H12F2N4. The van der Waals surface area contributed by atoms with Gasteiger partial charge in [0.15, 0.2) is 0 Å². The second-order valence-corrected chi connectivity index (χ2v) is 3.93. The van der Waals surface area contributed by atoms with Gasteiger partial charge in [0.25, 0.3) is 0 Å². The van der Waals surface area contributed by atoms with Gasteiger partial charge in [0.1, 0.15) is 29.1 Å². The quantitative estimate of drug-likeness (QED) is 0.860. The van der Waals surface area contributed by atoms with Crippen molar-refractivity contribution in [2.75, 3.05) is 11.1 Å². The van der Waals surface area contributed by atoms with Crippen LogP contribution < -0.4 is 11.1 Å². The van der Waals surface area contributed by atoms with Gasteiger partial charge in [-0.05, 0) is 25.5 Å². The van der Waals surface area contributed by atoms with E-state index in [-0.39, 0.29) is 17.1 Å². The van der Waals surface area contributed by atoms with Crippen LogP contribution in [0.4, 0.5) is 26.1 Å². The van der Waals surface area contributed by atoms with E-state index in [1.807, 2.05) is 0 Å². The van der Waals surface area contributed by atoms with Crippen molar-refractivity contribution >= 4 is 17.3 Å². The number of anilines is 3. The standard InChI is InChI=1S/C12H12F2N4/c1-6-3-9(14)10(4-8(6)13)18-12-5-11(15)16-7(2)17-12/h3-5H,1-2H3,(H3,15,16,17,18). The molecule has 2 aromatic rings. The van der Waals surface area contributed by atoms with E-state index in [4.69, 9.17) is 5.73 Å². The van der Waals surface area contributed by atoms with Gasteiger partial charge in [0.2, 0.25) is 0 Å². The first-order valence-electron chi connectivity index (χ1n) is 5.29. The molecule has 0 fully saturated rings. The lowest BCUT2D eigenvalue weighted by molar-refractivity contribution is 0.595. The second kappa shape index (κ2) is 4.56. The van der Waals surface area contributed by atoms with Crippen molar-refractivity contribution in [2.24, 2.45) is 0 Å². The molecule has 0 unspecified atom stereocenters. The Kier molecular flexibility index (Phi) is 3.10. The summed E-state index contributed by atoms with van der Waals surface area (Å²) in [6.45, 7) is 3.16. The summed E-state index contributed by atoms with van der Waals surface area (Å²) >= 11 is 0. The molecule has 2 rings (SSSR count). The number of nitrogen functional groups attached to an aromatic ring is 1. The molecule has 1 heterocycles. The highest BCUT2D eigenvalue weighted by molar-refractivity contribution is 5.59. The van der Waals surface area contributed by atoms with Gasteiger partial charge in [-0.1, -0.05) is 0 Å². The van der Waals surface area contributed by atoms with Gasteiger partial charge in [-0.15, -0.1) is 0 Å². The number of nitrogens with zero attached hydrogens (tertiary/aromatic N) is 2. The van der Waals surface area contributed by atoms with E-state index in [1.165, 1.54) is 13.0 Å². The molecule has 1 aromatic heterocycles. The molecule has 0 spiro atoms. The van der Waals surface area contributed by atoms with E-state index in [1.54, 1.807) is 6.92 Å². The fraction of sp³-hybridized carbons (Fsp3) is 0.167. The minimum absolute atomic E-state index is 0.00981. The van der Waals surface area contributed by atoms with Crippen molar-refractivity contribution in [1.82, 2.24) is 9.97 Å². The van der Waals surface area contributed by atoms with Crippen molar-refractivity contribution < 1.29 is 8.78 Å². The Morgan fingerprint density at radius 1 is 1.06 bits per heavy atom. The number of aryl methyl sites for hydroxylation is 2. The van der Waals surface area contributed by atoms with Crippen molar-refractivity contribution in [1.29, 1.82) is 0 Å². The van der Waals surface area contributed by atoms with E-state index in [0.717, 1.165) is 12.1 Å². The number of nitrogens with one attached hydrogen (secondary N) is 1. The van der Waals surface area contributed by atoms with E-state index in [2.05, 4.69) is 15.3 Å². The summed E-state index contributed by atoms with van der Waals surface area (Å²) in [5, 5.41) is 2.68. The molecule has 0 radical (unpaired) electrons. The van der Waals surface area contributed by atoms with Crippen LogP contribution in [0.15, 0.2) is 18.2 Å². The van der Waals surface area contributed by atoms with Crippen LogP contribution in [0, 0.1) is 25.5 Å². The molecule has 18 heavy (non-hydrogen) atoms. The zero-order chi connectivity index (χ0) is 13.3. The lowest BCUT2D eigenvalue weighted by Crippen LogP contribution is -2.02. The van der Waals surface area contributed by atoms with Crippen LogP contribution in [0.25, 0.3) is 0 Å². The highest BCUT2D eigenvalue weighted by atomic mass is 19.1. The maximum atomic E-state index is 13.6. The summed E-state index contributed by atoms with van der Waals surface area (Å²) < 4.78 is 27.0. The fourth-order valence-electron chi connectivity index (χ4n) is 1.53. The largest absolute Gasteiger partial charge is 0.384 e. The van der Waals surface area contributed by atoms with Crippen LogP contribution in [-0.4, -0.2) is 9.97 Å². The third-order valence-corrected chi connectivity index (χ3v) is 2.37. The lowest BCUT2D eigenvalue weighted by Gasteiger charge is -2.09. The van der Waals surface area contributed by atoms with Crippen molar-refractivity contribution in [3.8, 4) is 0 Å². The van der Waals surface area contributed by atoms with E-state index in [9.17, 15) is 8.78 Å². The number of benzene rings is 1. The summed E-state index contributed by atoms with van der Waals surface area (Å²) in [4.78, 5) is 7.92. The first kappa shape index (κ1) is 12.2. The van der Waals surface area contributed by atoms with Crippen LogP contribution >= 0.6 is 0 Å². The fourth-order valence-corrected chi connectivity index (χ4v) is 1.53. The summed E-state index contributed by atoms with van der Waals surface area (Å²) in [6, 6.07) is 3.65. The summed E-state index contributed by atoms with van der Waals surface area (Å²) in [6.07, 6.45) is 0. The maximum absolute atomic E-state index is 13.6. The average Bonchev–Trinajstić information content (AvgIpc) is 2.24. The third-order valence-electron chi connectivity index (χ3n) is 2.37. The molecule has 0 aliphatic rings. The molecule has 94 valence electrons. The third kappa shape index (κ3) is 2.53. The Morgan fingerprint density at radius 3 is 2.44 bits per heavy atom. The molecule has 0 bridgehead atoms. The lowest BCUT2D eigenvalue weighted by atomic mass is 10.2. The average molecular weight is 250 g/mol. The van der Waals surface area contributed by atoms with Crippen LogP contribution in [0.2, 0.25) is 0 Å². The molecule has 0 aliphatic heterocycles. The molecule has 1 aromatic carbocycles. The van der Waals surface area contributed by atoms with Crippen molar-refractivity contribution in [2.45, 2.75) is 13.8 Å². The summed E-state index contributed by atoms with van der Waals surface area (Å²) in [5.41, 5.74) is 5.80. The molecule has 4 nitrogen and oxygen atoms in total. The van der Waals surface area contributed by atoms with E-state index in [0.29, 0.717) is 11.6 Å². The molecule has 6 heteroatoms. The van der Waals surface area contributed by atoms with Crippen LogP contribution in [0.1, 0.15) is 11.4 Å². The maximum Gasteiger partial charge on any atom is 0.147 e. The molecule has 0 saturated heterocycles. The summed E-state index contributed by atoms with van der Waals surface area (Å²) in [5.74, 6) is -0.00739. The Morgan fingerprint density at radius 2 is 1.78 bits per heavy atom. The van der Waals surface area contributed by atoms with Crippen LogP contribution in [0.3, 0.4) is 0 Å². The smallest absolute Gasteiger partial charge is 0.147 e. The van der Waals surface area contributed by atoms with Gasteiger partial charge in [-0.25, -0.2) is 18.7 Å². The van der Waals surface area contributed by atoms with Gasteiger partial charge in [-0.2, -0.15) is 0 Å². The highest BCUT2D eigenvalue weighted by Crippen LogP contribution is 2.22. The minimum atomic E-state index is -0.552. The van der Waals surface area contributed by atoms with Gasteiger partial charge >= 0.3 is 0 Å². The normalized spacial score (nSPS) is 10.4. The Bertz CT molecular complexity index is 579. The topological polar surface area (TPSA) is 63.8 Å². The number of hydrogen-bond acceptors (Lipinski definition) is 4. The van der Waals surface area contributed by atoms with E-state index < -0.39 is 11.6 Å². The van der Waals surface area contributed by atoms with Gasteiger partial charge in [-0.3, -0.25) is 0 Å². The number of nitrogens with two attached hydrogens (primary N) is 1. The number of rotatable bonds is 2. The molecule has 0 saturated carbocycles. The van der Waals surface area contributed by atoms with Crippen molar-refractivity contribution in [3.05, 3.63) is 41.2 Å². The molecule has 0 amide bonds. The number of halogens is 2. The molecule has 0 atom stereocenters. The first-order valence-corrected chi connectivity index (χ1v) is 5.29. The summed E-state index contributed by atoms with van der Waals surface area (Å²) in [7, 11) is 0. The van der Waals surface area contributed by atoms with Crippen LogP contribution in [0.5, 0.6) is 0 Å². The molecular weight excluding hydrogens is 238 g/mol. The van der Waals surface area contributed by atoms with Gasteiger partial charge in [0, 0.05) is 12.1 Å². The predicted molar refractivity (Wildman–Crippen MR) is 65.6 cm³/mol. The highest BCUT2D eigenvalue weighted by Gasteiger charge is 2.08. The monoisotopic (exact) mass is 250 g/mol. The molecule has 0 aliphatic carbocycles. The van der Waals surface area contributed by atoms with Crippen molar-refractivity contribution in [3.63, 3.8) is 0 Å². The Hall–Kier alpha value is -2.24. The first-order chi connectivity index (χ1) is 8.45. The number of aromatic nitrogens is 2. The number of hydrogen-bond donors (Lipinski definition) is 2. The van der Waals surface area contributed by atoms with Crippen LogP contribution in [-0.2, 0) is 0 Å². The predicted octanol–water partition coefficient (Wildman–Crippen LogP) is 2.70. The zero-order valence-corrected chi connectivity index (χ0v) is 9.96. The second-order valence-electron chi connectivity index (χ2n) is 3.93. The van der Waals surface area contributed by atoms with E-state index >= 15 is 0 Å². The van der Waals surface area contributed by atoms with Gasteiger partial charge < -0.3 is 11.1 Å². The zero-order valence-electron chi connectivity index (χ0n) is 9.96. The SMILES string of the molecule is Cc1nc(N)cc(Nc2cc(F)c(C)cc2F)n1.